The van der Waals surface area contributed by atoms with Crippen LogP contribution in [0.3, 0.4) is 0 Å². The summed E-state index contributed by atoms with van der Waals surface area (Å²) in [5.41, 5.74) is 5.21. The number of rotatable bonds is 7. The molecule has 3 aromatic carbocycles. The lowest BCUT2D eigenvalue weighted by Crippen LogP contribution is -2.29. The molecule has 40 heavy (non-hydrogen) atoms. The van der Waals surface area contributed by atoms with Gasteiger partial charge in [-0.25, -0.2) is 0 Å². The van der Waals surface area contributed by atoms with Crippen molar-refractivity contribution in [1.29, 1.82) is 0 Å². The lowest BCUT2D eigenvalue weighted by atomic mass is 9.99. The average molecular weight is 545 g/mol. The minimum Gasteiger partial charge on any atom is -0.491 e. The number of hydrogen-bond donors (Lipinski definition) is 1. The van der Waals surface area contributed by atoms with Crippen LogP contribution >= 0.6 is 0 Å². The first-order valence-corrected chi connectivity index (χ1v) is 14.3. The van der Waals surface area contributed by atoms with Gasteiger partial charge in [-0.3, -0.25) is 9.69 Å². The normalized spacial score (nSPS) is 15.7. The first kappa shape index (κ1) is 28.0. The Labute approximate surface area is 237 Å². The molecule has 5 rings (SSSR count). The Bertz CT molecular complexity index is 1290. The van der Waals surface area contributed by atoms with E-state index in [4.69, 9.17) is 18.9 Å². The Balaban J connectivity index is 1.27. The van der Waals surface area contributed by atoms with Crippen LogP contribution < -0.4 is 19.5 Å². The number of nitrogens with zero attached hydrogens (tertiary/aromatic N) is 1. The SMILES string of the molecule is CC(C)CCN1CCOCCOc2ccc(C(=O)NCCc3ccc4c(c3)OCO4)cc2Cc2cccc(c2)C1. The smallest absolute Gasteiger partial charge is 0.251 e. The third-order valence-corrected chi connectivity index (χ3v) is 7.31. The minimum atomic E-state index is -0.0965. The van der Waals surface area contributed by atoms with E-state index in [0.29, 0.717) is 50.7 Å². The van der Waals surface area contributed by atoms with Crippen molar-refractivity contribution in [3.05, 3.63) is 88.5 Å². The fraction of sp³-hybridized carbons (Fsp3) is 0.424. The van der Waals surface area contributed by atoms with E-state index in [0.717, 1.165) is 54.4 Å². The second kappa shape index (κ2) is 13.7. The molecule has 0 spiro atoms. The number of hydrogen-bond acceptors (Lipinski definition) is 6. The number of carbonyl (C=O) groups excluding carboxylic acids is 1. The van der Waals surface area contributed by atoms with Gasteiger partial charge in [0.05, 0.1) is 13.2 Å². The molecule has 0 fully saturated rings. The molecule has 2 bridgehead atoms. The van der Waals surface area contributed by atoms with E-state index in [9.17, 15) is 4.79 Å². The number of benzene rings is 3. The third kappa shape index (κ3) is 7.77. The molecule has 0 aromatic heterocycles. The Morgan fingerprint density at radius 3 is 2.65 bits per heavy atom. The standard InChI is InChI=1S/C33H40N2O5/c1-24(2)11-13-35-14-15-37-16-17-38-30-9-7-28(21-29(30)19-26-4-3-5-27(18-26)22-35)33(36)34-12-10-25-6-8-31-32(20-25)40-23-39-31/h3-9,18,20-21,24H,10-17,19,22-23H2,1-2H3,(H,34,36). The quantitative estimate of drug-likeness (QED) is 0.439. The van der Waals surface area contributed by atoms with Gasteiger partial charge in [-0.05, 0) is 77.9 Å². The Morgan fingerprint density at radius 2 is 1.75 bits per heavy atom. The summed E-state index contributed by atoms with van der Waals surface area (Å²) in [7, 11) is 0. The highest BCUT2D eigenvalue weighted by Gasteiger charge is 2.15. The van der Waals surface area contributed by atoms with Crippen LogP contribution in [0, 0.1) is 5.92 Å². The summed E-state index contributed by atoms with van der Waals surface area (Å²) >= 11 is 0. The average Bonchev–Trinajstić information content (AvgIpc) is 3.42. The van der Waals surface area contributed by atoms with Crippen molar-refractivity contribution < 1.29 is 23.7 Å². The number of fused-ring (bicyclic) bond motifs is 4. The molecular formula is C33H40N2O5. The largest absolute Gasteiger partial charge is 0.491 e. The lowest BCUT2D eigenvalue weighted by Gasteiger charge is -2.24. The maximum atomic E-state index is 13.1. The van der Waals surface area contributed by atoms with Gasteiger partial charge in [0.15, 0.2) is 11.5 Å². The summed E-state index contributed by atoms with van der Waals surface area (Å²) in [5, 5.41) is 3.06. The van der Waals surface area contributed by atoms with E-state index in [-0.39, 0.29) is 12.7 Å². The zero-order chi connectivity index (χ0) is 27.7. The molecule has 0 saturated carbocycles. The van der Waals surface area contributed by atoms with Gasteiger partial charge in [0.1, 0.15) is 12.4 Å². The van der Waals surface area contributed by atoms with Crippen LogP contribution in [0.2, 0.25) is 0 Å². The highest BCUT2D eigenvalue weighted by atomic mass is 16.7. The Morgan fingerprint density at radius 1 is 0.900 bits per heavy atom. The molecule has 0 atom stereocenters. The summed E-state index contributed by atoms with van der Waals surface area (Å²) in [6.45, 7) is 9.86. The number of nitrogens with one attached hydrogen (secondary N) is 1. The van der Waals surface area contributed by atoms with Gasteiger partial charge < -0.3 is 24.3 Å². The second-order valence-electron chi connectivity index (χ2n) is 10.9. The molecular weight excluding hydrogens is 504 g/mol. The van der Waals surface area contributed by atoms with Crippen LogP contribution in [0.25, 0.3) is 0 Å². The fourth-order valence-electron chi connectivity index (χ4n) is 5.05. The first-order valence-electron chi connectivity index (χ1n) is 14.3. The lowest BCUT2D eigenvalue weighted by molar-refractivity contribution is 0.0764. The van der Waals surface area contributed by atoms with Crippen LogP contribution in [0.15, 0.2) is 60.7 Å². The molecule has 212 valence electrons. The van der Waals surface area contributed by atoms with Crippen LogP contribution in [-0.4, -0.2) is 57.1 Å². The molecule has 2 aliphatic heterocycles. The first-order chi connectivity index (χ1) is 19.5. The molecule has 7 nitrogen and oxygen atoms in total. The highest BCUT2D eigenvalue weighted by Crippen LogP contribution is 2.32. The van der Waals surface area contributed by atoms with Crippen LogP contribution in [0.4, 0.5) is 0 Å². The number of ether oxygens (including phenoxy) is 4. The predicted octanol–water partition coefficient (Wildman–Crippen LogP) is 5.24. The summed E-state index contributed by atoms with van der Waals surface area (Å²) in [6.07, 6.45) is 2.56. The predicted molar refractivity (Wildman–Crippen MR) is 155 cm³/mol. The second-order valence-corrected chi connectivity index (χ2v) is 10.9. The van der Waals surface area contributed by atoms with Gasteiger partial charge in [0.25, 0.3) is 5.91 Å². The summed E-state index contributed by atoms with van der Waals surface area (Å²) in [5.74, 6) is 2.88. The van der Waals surface area contributed by atoms with E-state index in [1.807, 2.05) is 36.4 Å². The van der Waals surface area contributed by atoms with E-state index in [2.05, 4.69) is 48.3 Å². The van der Waals surface area contributed by atoms with Crippen molar-refractivity contribution in [2.24, 2.45) is 5.92 Å². The van der Waals surface area contributed by atoms with Crippen molar-refractivity contribution in [1.82, 2.24) is 10.2 Å². The van der Waals surface area contributed by atoms with Crippen molar-refractivity contribution in [2.75, 3.05) is 46.2 Å². The van der Waals surface area contributed by atoms with Gasteiger partial charge in [-0.1, -0.05) is 44.2 Å². The molecule has 1 N–H and O–H groups in total. The van der Waals surface area contributed by atoms with E-state index in [1.165, 1.54) is 11.1 Å². The topological polar surface area (TPSA) is 69.3 Å². The molecule has 0 unspecified atom stereocenters. The summed E-state index contributed by atoms with van der Waals surface area (Å²) in [6, 6.07) is 20.3. The van der Waals surface area contributed by atoms with E-state index in [1.54, 1.807) is 0 Å². The minimum absolute atomic E-state index is 0.0965. The summed E-state index contributed by atoms with van der Waals surface area (Å²) in [4.78, 5) is 15.5. The summed E-state index contributed by atoms with van der Waals surface area (Å²) < 4.78 is 22.9. The fourth-order valence-corrected chi connectivity index (χ4v) is 5.05. The van der Waals surface area contributed by atoms with Crippen molar-refractivity contribution >= 4 is 5.91 Å². The Kier molecular flexibility index (Phi) is 9.58. The van der Waals surface area contributed by atoms with Crippen LogP contribution in [0.1, 0.15) is 52.9 Å². The molecule has 2 heterocycles. The molecule has 1 amide bonds. The Hall–Kier alpha value is -3.55. The van der Waals surface area contributed by atoms with Gasteiger partial charge >= 0.3 is 0 Å². The van der Waals surface area contributed by atoms with Gasteiger partial charge in [-0.15, -0.1) is 0 Å². The number of amides is 1. The van der Waals surface area contributed by atoms with Gasteiger partial charge in [0.2, 0.25) is 6.79 Å². The monoisotopic (exact) mass is 544 g/mol. The van der Waals surface area contributed by atoms with Crippen molar-refractivity contribution in [2.45, 2.75) is 39.7 Å². The van der Waals surface area contributed by atoms with Crippen molar-refractivity contribution in [3.8, 4) is 17.2 Å². The molecule has 2 aliphatic rings. The zero-order valence-corrected chi connectivity index (χ0v) is 23.6. The maximum absolute atomic E-state index is 13.1. The van der Waals surface area contributed by atoms with Gasteiger partial charge in [0, 0.05) is 31.6 Å². The molecule has 7 heteroatoms. The molecule has 0 aliphatic carbocycles. The molecule has 3 aromatic rings. The maximum Gasteiger partial charge on any atom is 0.251 e. The number of carbonyl (C=O) groups is 1. The van der Waals surface area contributed by atoms with Gasteiger partial charge in [-0.2, -0.15) is 0 Å². The third-order valence-electron chi connectivity index (χ3n) is 7.31. The van der Waals surface area contributed by atoms with E-state index < -0.39 is 0 Å². The highest BCUT2D eigenvalue weighted by molar-refractivity contribution is 5.94. The van der Waals surface area contributed by atoms with Crippen LogP contribution in [0.5, 0.6) is 17.2 Å². The molecule has 0 radical (unpaired) electrons. The zero-order valence-electron chi connectivity index (χ0n) is 23.6. The van der Waals surface area contributed by atoms with Crippen LogP contribution in [-0.2, 0) is 24.1 Å². The van der Waals surface area contributed by atoms with E-state index >= 15 is 0 Å². The molecule has 0 saturated heterocycles. The van der Waals surface area contributed by atoms with Crippen molar-refractivity contribution in [3.63, 3.8) is 0 Å².